The molecule has 0 atom stereocenters. The number of hydrogen-bond acceptors (Lipinski definition) is 4. The monoisotopic (exact) mass is 276 g/mol. The lowest BCUT2D eigenvalue weighted by atomic mass is 9.98. The van der Waals surface area contributed by atoms with Gasteiger partial charge in [-0.25, -0.2) is 0 Å². The molecular formula is C17H16N4. The van der Waals surface area contributed by atoms with Gasteiger partial charge in [0.15, 0.2) is 5.82 Å². The van der Waals surface area contributed by atoms with E-state index in [-0.39, 0.29) is 0 Å². The Morgan fingerprint density at radius 1 is 1.05 bits per heavy atom. The van der Waals surface area contributed by atoms with E-state index in [0.29, 0.717) is 0 Å². The summed E-state index contributed by atoms with van der Waals surface area (Å²) in [6, 6.07) is 14.4. The summed E-state index contributed by atoms with van der Waals surface area (Å²) in [7, 11) is 0. The zero-order valence-corrected chi connectivity index (χ0v) is 11.7. The van der Waals surface area contributed by atoms with Gasteiger partial charge in [0.25, 0.3) is 0 Å². The SMILES string of the molecule is Nc1cccc2c1CN(c1nncc3ccccc13)CC2. The molecule has 0 radical (unpaired) electrons. The Kier molecular flexibility index (Phi) is 2.74. The van der Waals surface area contributed by atoms with E-state index < -0.39 is 0 Å². The molecule has 0 aliphatic carbocycles. The number of rotatable bonds is 1. The number of nitrogen functional groups attached to an aromatic ring is 1. The number of nitrogens with two attached hydrogens (primary N) is 1. The van der Waals surface area contributed by atoms with Crippen molar-refractivity contribution in [3.8, 4) is 0 Å². The average molecular weight is 276 g/mol. The van der Waals surface area contributed by atoms with Crippen LogP contribution in [0.15, 0.2) is 48.7 Å². The molecule has 1 aliphatic rings. The zero-order chi connectivity index (χ0) is 14.2. The van der Waals surface area contributed by atoms with E-state index in [9.17, 15) is 0 Å². The van der Waals surface area contributed by atoms with Crippen molar-refractivity contribution in [2.45, 2.75) is 13.0 Å². The van der Waals surface area contributed by atoms with Gasteiger partial charge in [0.05, 0.1) is 6.20 Å². The number of aromatic nitrogens is 2. The molecule has 1 aromatic heterocycles. The number of nitrogens with zero attached hydrogens (tertiary/aromatic N) is 3. The lowest BCUT2D eigenvalue weighted by molar-refractivity contribution is 0.718. The Hall–Kier alpha value is -2.62. The van der Waals surface area contributed by atoms with E-state index in [2.05, 4.69) is 33.3 Å². The zero-order valence-electron chi connectivity index (χ0n) is 11.7. The van der Waals surface area contributed by atoms with Crippen LogP contribution in [-0.2, 0) is 13.0 Å². The van der Waals surface area contributed by atoms with E-state index in [0.717, 1.165) is 41.8 Å². The van der Waals surface area contributed by atoms with E-state index in [1.807, 2.05) is 30.5 Å². The number of anilines is 2. The van der Waals surface area contributed by atoms with Crippen molar-refractivity contribution in [1.29, 1.82) is 0 Å². The van der Waals surface area contributed by atoms with Gasteiger partial charge in [0.2, 0.25) is 0 Å². The van der Waals surface area contributed by atoms with Crippen LogP contribution in [0.25, 0.3) is 10.8 Å². The second-order valence-electron chi connectivity index (χ2n) is 5.41. The summed E-state index contributed by atoms with van der Waals surface area (Å²) >= 11 is 0. The lowest BCUT2D eigenvalue weighted by Crippen LogP contribution is -2.32. The van der Waals surface area contributed by atoms with Crippen molar-refractivity contribution in [2.75, 3.05) is 17.2 Å². The van der Waals surface area contributed by atoms with Crippen molar-refractivity contribution < 1.29 is 0 Å². The molecule has 4 nitrogen and oxygen atoms in total. The van der Waals surface area contributed by atoms with Gasteiger partial charge in [-0.05, 0) is 23.6 Å². The topological polar surface area (TPSA) is 55.0 Å². The maximum atomic E-state index is 6.13. The summed E-state index contributed by atoms with van der Waals surface area (Å²) in [5.41, 5.74) is 9.57. The molecule has 0 spiro atoms. The molecule has 2 aromatic carbocycles. The van der Waals surface area contributed by atoms with Crippen LogP contribution in [0.3, 0.4) is 0 Å². The van der Waals surface area contributed by atoms with Crippen molar-refractivity contribution in [2.24, 2.45) is 0 Å². The molecule has 2 heterocycles. The Balaban J connectivity index is 1.79. The molecule has 4 heteroatoms. The molecule has 0 saturated carbocycles. The van der Waals surface area contributed by atoms with Gasteiger partial charge in [-0.15, -0.1) is 5.10 Å². The summed E-state index contributed by atoms with van der Waals surface area (Å²) in [4.78, 5) is 2.27. The second kappa shape index (κ2) is 4.74. The lowest BCUT2D eigenvalue weighted by Gasteiger charge is -2.30. The standard InChI is InChI=1S/C17H16N4/c18-16-7-3-5-12-8-9-21(11-15(12)16)17-14-6-2-1-4-13(14)10-19-20-17/h1-7,10H,8-9,11,18H2. The highest BCUT2D eigenvalue weighted by Crippen LogP contribution is 2.30. The number of hydrogen-bond donors (Lipinski definition) is 1. The first-order valence-electron chi connectivity index (χ1n) is 7.14. The molecular weight excluding hydrogens is 260 g/mol. The van der Waals surface area contributed by atoms with Crippen LogP contribution in [0.2, 0.25) is 0 Å². The number of fused-ring (bicyclic) bond motifs is 2. The Morgan fingerprint density at radius 2 is 1.95 bits per heavy atom. The third-order valence-corrected chi connectivity index (χ3v) is 4.16. The van der Waals surface area contributed by atoms with E-state index in [4.69, 9.17) is 5.73 Å². The maximum absolute atomic E-state index is 6.13. The first-order valence-corrected chi connectivity index (χ1v) is 7.14. The number of benzene rings is 2. The van der Waals surface area contributed by atoms with Crippen molar-refractivity contribution in [3.63, 3.8) is 0 Å². The summed E-state index contributed by atoms with van der Waals surface area (Å²) in [6.07, 6.45) is 2.80. The predicted molar refractivity (Wildman–Crippen MR) is 85.1 cm³/mol. The van der Waals surface area contributed by atoms with E-state index in [1.54, 1.807) is 0 Å². The molecule has 0 unspecified atom stereocenters. The fourth-order valence-electron chi connectivity index (χ4n) is 3.03. The first kappa shape index (κ1) is 12.1. The van der Waals surface area contributed by atoms with Gasteiger partial charge >= 0.3 is 0 Å². The fraction of sp³-hybridized carbons (Fsp3) is 0.176. The van der Waals surface area contributed by atoms with Crippen LogP contribution >= 0.6 is 0 Å². The largest absolute Gasteiger partial charge is 0.398 e. The minimum Gasteiger partial charge on any atom is -0.398 e. The molecule has 0 saturated heterocycles. The predicted octanol–water partition coefficient (Wildman–Crippen LogP) is 2.77. The van der Waals surface area contributed by atoms with Crippen LogP contribution in [0.4, 0.5) is 11.5 Å². The highest BCUT2D eigenvalue weighted by molar-refractivity contribution is 5.91. The van der Waals surface area contributed by atoms with Gasteiger partial charge in [-0.3, -0.25) is 0 Å². The van der Waals surface area contributed by atoms with Gasteiger partial charge in [0.1, 0.15) is 0 Å². The van der Waals surface area contributed by atoms with Crippen molar-refractivity contribution in [1.82, 2.24) is 10.2 Å². The molecule has 3 aromatic rings. The van der Waals surface area contributed by atoms with Gasteiger partial charge < -0.3 is 10.6 Å². The van der Waals surface area contributed by atoms with E-state index in [1.165, 1.54) is 11.1 Å². The van der Waals surface area contributed by atoms with Crippen LogP contribution in [0, 0.1) is 0 Å². The summed E-state index contributed by atoms with van der Waals surface area (Å²) < 4.78 is 0. The fourth-order valence-corrected chi connectivity index (χ4v) is 3.03. The molecule has 0 amide bonds. The van der Waals surface area contributed by atoms with Gasteiger partial charge in [-0.1, -0.05) is 36.4 Å². The Labute approximate surface area is 123 Å². The normalized spacial score (nSPS) is 14.2. The quantitative estimate of drug-likeness (QED) is 0.694. The first-order chi connectivity index (χ1) is 10.3. The maximum Gasteiger partial charge on any atom is 0.159 e. The van der Waals surface area contributed by atoms with Gasteiger partial charge in [-0.2, -0.15) is 5.10 Å². The highest BCUT2D eigenvalue weighted by atomic mass is 15.3. The molecule has 2 N–H and O–H groups in total. The Morgan fingerprint density at radius 3 is 2.90 bits per heavy atom. The van der Waals surface area contributed by atoms with Crippen LogP contribution < -0.4 is 10.6 Å². The van der Waals surface area contributed by atoms with Crippen LogP contribution in [-0.4, -0.2) is 16.7 Å². The summed E-state index contributed by atoms with van der Waals surface area (Å²) in [6.45, 7) is 1.74. The molecule has 21 heavy (non-hydrogen) atoms. The minimum atomic E-state index is 0.796. The second-order valence-corrected chi connectivity index (χ2v) is 5.41. The average Bonchev–Trinajstić information content (AvgIpc) is 2.54. The third kappa shape index (κ3) is 2.00. The summed E-state index contributed by atoms with van der Waals surface area (Å²) in [5, 5.41) is 10.8. The Bertz CT molecular complexity index is 807. The highest BCUT2D eigenvalue weighted by Gasteiger charge is 2.20. The van der Waals surface area contributed by atoms with Crippen LogP contribution in [0.5, 0.6) is 0 Å². The van der Waals surface area contributed by atoms with Crippen LogP contribution in [0.1, 0.15) is 11.1 Å². The molecule has 104 valence electrons. The molecule has 1 aliphatic heterocycles. The third-order valence-electron chi connectivity index (χ3n) is 4.16. The molecule has 4 rings (SSSR count). The molecule has 0 bridgehead atoms. The summed E-state index contributed by atoms with van der Waals surface area (Å²) in [5.74, 6) is 0.946. The van der Waals surface area contributed by atoms with Crippen molar-refractivity contribution in [3.05, 3.63) is 59.8 Å². The van der Waals surface area contributed by atoms with Gasteiger partial charge in [0, 0.05) is 29.5 Å². The smallest absolute Gasteiger partial charge is 0.159 e. The molecule has 0 fully saturated rings. The van der Waals surface area contributed by atoms with E-state index >= 15 is 0 Å². The van der Waals surface area contributed by atoms with Crippen molar-refractivity contribution >= 4 is 22.3 Å². The minimum absolute atomic E-state index is 0.796.